The lowest BCUT2D eigenvalue weighted by Gasteiger charge is -2.29. The second-order valence-corrected chi connectivity index (χ2v) is 6.71. The minimum atomic E-state index is -4.54. The molecule has 8 heteroatoms. The minimum absolute atomic E-state index is 0.00740. The van der Waals surface area contributed by atoms with Crippen LogP contribution in [0, 0.1) is 5.95 Å². The Hall–Kier alpha value is -2.48. The Balaban J connectivity index is 1.91. The van der Waals surface area contributed by atoms with Crippen molar-refractivity contribution in [2.75, 3.05) is 25.5 Å². The van der Waals surface area contributed by atoms with Crippen molar-refractivity contribution < 1.29 is 22.4 Å². The number of hydrogen-bond acceptors (Lipinski definition) is 3. The molecule has 4 nitrogen and oxygen atoms in total. The lowest BCUT2D eigenvalue weighted by molar-refractivity contribution is -0.137. The molecule has 0 saturated carbocycles. The Morgan fingerprint density at radius 3 is 2.56 bits per heavy atom. The molecule has 0 spiro atoms. The van der Waals surface area contributed by atoms with Crippen LogP contribution < -0.4 is 5.32 Å². The normalized spacial score (nSPS) is 16.3. The summed E-state index contributed by atoms with van der Waals surface area (Å²) in [5, 5.41) is 2.37. The number of likely N-dealkylation sites (tertiary alicyclic amines) is 1. The fourth-order valence-electron chi connectivity index (χ4n) is 3.22. The van der Waals surface area contributed by atoms with Crippen molar-refractivity contribution in [1.82, 2.24) is 9.88 Å². The van der Waals surface area contributed by atoms with Gasteiger partial charge in [-0.1, -0.05) is 0 Å². The van der Waals surface area contributed by atoms with Crippen LogP contribution in [-0.2, 0) is 6.18 Å². The van der Waals surface area contributed by atoms with E-state index in [-0.39, 0.29) is 17.2 Å². The van der Waals surface area contributed by atoms with Crippen LogP contribution in [0.2, 0.25) is 0 Å². The number of anilines is 1. The highest BCUT2D eigenvalue weighted by Gasteiger charge is 2.32. The van der Waals surface area contributed by atoms with Crippen LogP contribution in [0.1, 0.15) is 40.2 Å². The topological polar surface area (TPSA) is 45.2 Å². The third kappa shape index (κ3) is 4.63. The molecular formula is C19H19F4N3O. The summed E-state index contributed by atoms with van der Waals surface area (Å²) in [5.41, 5.74) is -0.636. The van der Waals surface area contributed by atoms with Crippen molar-refractivity contribution in [2.45, 2.75) is 24.9 Å². The molecule has 1 N–H and O–H groups in total. The number of rotatable bonds is 3. The van der Waals surface area contributed by atoms with Crippen molar-refractivity contribution in [3.8, 4) is 0 Å². The zero-order valence-electron chi connectivity index (χ0n) is 14.7. The van der Waals surface area contributed by atoms with Gasteiger partial charge in [0.15, 0.2) is 0 Å². The highest BCUT2D eigenvalue weighted by atomic mass is 19.4. The van der Waals surface area contributed by atoms with Gasteiger partial charge in [0.25, 0.3) is 5.91 Å². The molecule has 144 valence electrons. The Labute approximate surface area is 154 Å². The summed E-state index contributed by atoms with van der Waals surface area (Å²) in [6.07, 6.45) is -1.88. The fraction of sp³-hybridized carbons (Fsp3) is 0.368. The molecule has 1 aliphatic rings. The maximum atomic E-state index is 13.7. The summed E-state index contributed by atoms with van der Waals surface area (Å²) < 4.78 is 53.6. The maximum absolute atomic E-state index is 13.7. The van der Waals surface area contributed by atoms with Crippen LogP contribution in [-0.4, -0.2) is 35.9 Å². The predicted molar refractivity (Wildman–Crippen MR) is 93.1 cm³/mol. The zero-order chi connectivity index (χ0) is 19.6. The monoisotopic (exact) mass is 381 g/mol. The van der Waals surface area contributed by atoms with Crippen molar-refractivity contribution in [1.29, 1.82) is 0 Å². The average Bonchev–Trinajstić information content (AvgIpc) is 2.61. The zero-order valence-corrected chi connectivity index (χ0v) is 14.7. The number of alkyl halides is 3. The summed E-state index contributed by atoms with van der Waals surface area (Å²) in [7, 11) is 1.97. The van der Waals surface area contributed by atoms with E-state index in [2.05, 4.69) is 15.2 Å². The molecule has 0 aliphatic carbocycles. The first-order chi connectivity index (χ1) is 12.7. The third-order valence-corrected chi connectivity index (χ3v) is 4.73. The molecule has 2 heterocycles. The van der Waals surface area contributed by atoms with Crippen LogP contribution in [0.25, 0.3) is 0 Å². The quantitative estimate of drug-likeness (QED) is 0.637. The molecule has 1 aromatic carbocycles. The van der Waals surface area contributed by atoms with E-state index < -0.39 is 23.6 Å². The predicted octanol–water partition coefficient (Wildman–Crippen LogP) is 4.30. The molecule has 1 aliphatic heterocycles. The lowest BCUT2D eigenvalue weighted by atomic mass is 9.88. The van der Waals surface area contributed by atoms with Crippen molar-refractivity contribution in [2.24, 2.45) is 0 Å². The van der Waals surface area contributed by atoms with Crippen LogP contribution in [0.3, 0.4) is 0 Å². The smallest absolute Gasteiger partial charge is 0.322 e. The van der Waals surface area contributed by atoms with Crippen molar-refractivity contribution >= 4 is 11.6 Å². The molecule has 27 heavy (non-hydrogen) atoms. The SMILES string of the molecule is CN1CCC(c2cc(NC(=O)c3cccnc3F)cc(C(F)(F)F)c2)CC1. The second kappa shape index (κ2) is 7.64. The summed E-state index contributed by atoms with van der Waals surface area (Å²) in [5.74, 6) is -1.83. The van der Waals surface area contributed by atoms with Crippen LogP contribution in [0.5, 0.6) is 0 Å². The Morgan fingerprint density at radius 2 is 1.93 bits per heavy atom. The molecule has 1 fully saturated rings. The first-order valence-electron chi connectivity index (χ1n) is 8.56. The fourth-order valence-corrected chi connectivity index (χ4v) is 3.22. The number of pyridine rings is 1. The second-order valence-electron chi connectivity index (χ2n) is 6.71. The molecule has 1 saturated heterocycles. The van der Waals surface area contributed by atoms with Gasteiger partial charge < -0.3 is 10.2 Å². The number of piperidine rings is 1. The number of nitrogens with one attached hydrogen (secondary N) is 1. The van der Waals surface area contributed by atoms with Crippen LogP contribution in [0.15, 0.2) is 36.5 Å². The average molecular weight is 381 g/mol. The minimum Gasteiger partial charge on any atom is -0.322 e. The molecule has 3 rings (SSSR count). The number of benzene rings is 1. The van der Waals surface area contributed by atoms with E-state index in [4.69, 9.17) is 0 Å². The molecule has 0 bridgehead atoms. The van der Waals surface area contributed by atoms with Gasteiger partial charge in [-0.3, -0.25) is 4.79 Å². The number of aromatic nitrogens is 1. The van der Waals surface area contributed by atoms with E-state index in [1.807, 2.05) is 7.05 Å². The molecule has 0 unspecified atom stereocenters. The number of amides is 1. The summed E-state index contributed by atoms with van der Waals surface area (Å²) in [4.78, 5) is 17.8. The summed E-state index contributed by atoms with van der Waals surface area (Å²) in [6.45, 7) is 1.59. The first-order valence-corrected chi connectivity index (χ1v) is 8.56. The van der Waals surface area contributed by atoms with E-state index in [1.165, 1.54) is 24.4 Å². The van der Waals surface area contributed by atoms with Gasteiger partial charge in [0, 0.05) is 11.9 Å². The van der Waals surface area contributed by atoms with Gasteiger partial charge >= 0.3 is 6.18 Å². The van der Waals surface area contributed by atoms with Gasteiger partial charge in [-0.25, -0.2) is 4.98 Å². The molecule has 1 aromatic heterocycles. The van der Waals surface area contributed by atoms with Gasteiger partial charge in [0.05, 0.1) is 11.1 Å². The van der Waals surface area contributed by atoms with Crippen molar-refractivity contribution in [3.05, 3.63) is 59.2 Å². The van der Waals surface area contributed by atoms with Crippen LogP contribution >= 0.6 is 0 Å². The highest BCUT2D eigenvalue weighted by molar-refractivity contribution is 6.04. The Kier molecular flexibility index (Phi) is 5.46. The largest absolute Gasteiger partial charge is 0.416 e. The van der Waals surface area contributed by atoms with E-state index in [0.717, 1.165) is 38.1 Å². The summed E-state index contributed by atoms with van der Waals surface area (Å²) in [6, 6.07) is 6.15. The summed E-state index contributed by atoms with van der Waals surface area (Å²) >= 11 is 0. The molecular weight excluding hydrogens is 362 g/mol. The molecule has 2 aromatic rings. The maximum Gasteiger partial charge on any atom is 0.416 e. The number of hydrogen-bond donors (Lipinski definition) is 1. The van der Waals surface area contributed by atoms with E-state index in [1.54, 1.807) is 0 Å². The lowest BCUT2D eigenvalue weighted by Crippen LogP contribution is -2.29. The van der Waals surface area contributed by atoms with Crippen molar-refractivity contribution in [3.63, 3.8) is 0 Å². The Bertz CT molecular complexity index is 830. The van der Waals surface area contributed by atoms with Crippen LogP contribution in [0.4, 0.5) is 23.2 Å². The number of carbonyl (C=O) groups is 1. The van der Waals surface area contributed by atoms with E-state index >= 15 is 0 Å². The van der Waals surface area contributed by atoms with Gasteiger partial charge in [-0.2, -0.15) is 17.6 Å². The van der Waals surface area contributed by atoms with Gasteiger partial charge in [0.2, 0.25) is 5.95 Å². The molecule has 0 radical (unpaired) electrons. The van der Waals surface area contributed by atoms with Gasteiger partial charge in [0.1, 0.15) is 0 Å². The number of halogens is 4. The third-order valence-electron chi connectivity index (χ3n) is 4.73. The molecule has 0 atom stereocenters. The molecule has 1 amide bonds. The number of nitrogens with zero attached hydrogens (tertiary/aromatic N) is 2. The van der Waals surface area contributed by atoms with Gasteiger partial charge in [-0.05, 0) is 74.8 Å². The number of carbonyl (C=O) groups excluding carboxylic acids is 1. The van der Waals surface area contributed by atoms with E-state index in [0.29, 0.717) is 5.56 Å². The van der Waals surface area contributed by atoms with Gasteiger partial charge in [-0.15, -0.1) is 0 Å². The standard InChI is InChI=1S/C19H19F4N3O/c1-26-7-4-12(5-8-26)13-9-14(19(21,22)23)11-15(10-13)25-18(27)16-3-2-6-24-17(16)20/h2-3,6,9-12H,4-5,7-8H2,1H3,(H,25,27). The van der Waals surface area contributed by atoms with E-state index in [9.17, 15) is 22.4 Å². The first kappa shape index (κ1) is 19.3. The highest BCUT2D eigenvalue weighted by Crippen LogP contribution is 2.36. The Morgan fingerprint density at radius 1 is 1.22 bits per heavy atom.